The van der Waals surface area contributed by atoms with E-state index in [1.807, 2.05) is 6.07 Å². The fourth-order valence-electron chi connectivity index (χ4n) is 2.34. The number of benzene rings is 1. The van der Waals surface area contributed by atoms with Crippen LogP contribution in [-0.4, -0.2) is 13.2 Å². The smallest absolute Gasteiger partial charge is 0.169 e. The zero-order valence-corrected chi connectivity index (χ0v) is 13.6. The first-order valence-corrected chi connectivity index (χ1v) is 8.16. The van der Waals surface area contributed by atoms with Crippen LogP contribution in [0.1, 0.15) is 32.6 Å². The van der Waals surface area contributed by atoms with Crippen molar-refractivity contribution in [1.82, 2.24) is 4.72 Å². The summed E-state index contributed by atoms with van der Waals surface area (Å²) >= 11 is 4.78. The van der Waals surface area contributed by atoms with Crippen molar-refractivity contribution in [3.05, 3.63) is 22.4 Å². The molecule has 0 unspecified atom stereocenters. The summed E-state index contributed by atoms with van der Waals surface area (Å²) in [5.74, 6) is 0.809. The highest BCUT2D eigenvalue weighted by atomic mass is 79.9. The van der Waals surface area contributed by atoms with Gasteiger partial charge in [-0.2, -0.15) is 0 Å². The van der Waals surface area contributed by atoms with Crippen LogP contribution in [0.25, 0.3) is 0 Å². The molecule has 1 N–H and O–H groups in total. The third-order valence-corrected chi connectivity index (χ3v) is 4.96. The van der Waals surface area contributed by atoms with Crippen molar-refractivity contribution in [2.75, 3.05) is 7.11 Å². The molecular weight excluding hydrogens is 329 g/mol. The van der Waals surface area contributed by atoms with Crippen LogP contribution in [-0.2, 0) is 0 Å². The minimum atomic E-state index is -0.335. The topological polar surface area (TPSA) is 21.3 Å². The predicted molar refractivity (Wildman–Crippen MR) is 81.1 cm³/mol. The lowest BCUT2D eigenvalue weighted by molar-refractivity contribution is 0.336. The molecule has 1 aliphatic rings. The largest absolute Gasteiger partial charge is 0.492 e. The lowest BCUT2D eigenvalue weighted by atomic mass is 9.88. The molecule has 0 spiro atoms. The molecule has 0 radical (unpaired) electrons. The van der Waals surface area contributed by atoms with E-state index < -0.39 is 0 Å². The van der Waals surface area contributed by atoms with Gasteiger partial charge in [0.1, 0.15) is 0 Å². The molecule has 2 nitrogen and oxygen atoms in total. The van der Waals surface area contributed by atoms with Gasteiger partial charge in [-0.25, -0.2) is 4.39 Å². The minimum Gasteiger partial charge on any atom is -0.492 e. The van der Waals surface area contributed by atoms with Gasteiger partial charge in [0.2, 0.25) is 0 Å². The van der Waals surface area contributed by atoms with E-state index in [-0.39, 0.29) is 5.82 Å². The Labute approximate surface area is 126 Å². The number of ether oxygens (including phenoxy) is 1. The second kappa shape index (κ2) is 6.95. The van der Waals surface area contributed by atoms with Gasteiger partial charge in [-0.1, -0.05) is 22.9 Å². The fraction of sp³-hybridized carbons (Fsp3) is 0.571. The van der Waals surface area contributed by atoms with Crippen LogP contribution < -0.4 is 9.46 Å². The molecule has 1 aromatic rings. The number of methoxy groups -OCH3 is 1. The zero-order chi connectivity index (χ0) is 13.8. The summed E-state index contributed by atoms with van der Waals surface area (Å²) in [5.41, 5.74) is 0. The molecule has 5 heteroatoms. The number of halogens is 2. The first-order chi connectivity index (χ1) is 9.10. The van der Waals surface area contributed by atoms with Crippen LogP contribution in [0.15, 0.2) is 21.5 Å². The SMILES string of the molecule is COc1c(F)cc(Br)cc1SNC1CCC(C)CC1. The molecule has 0 saturated heterocycles. The summed E-state index contributed by atoms with van der Waals surface area (Å²) in [6.07, 6.45) is 4.91. The molecule has 2 rings (SSSR count). The Bertz CT molecular complexity index is 436. The van der Waals surface area contributed by atoms with E-state index in [1.165, 1.54) is 50.8 Å². The monoisotopic (exact) mass is 347 g/mol. The molecule has 1 fully saturated rings. The maximum Gasteiger partial charge on any atom is 0.169 e. The lowest BCUT2D eigenvalue weighted by Gasteiger charge is -2.26. The molecule has 0 bridgehead atoms. The van der Waals surface area contributed by atoms with E-state index in [0.29, 0.717) is 11.8 Å². The summed E-state index contributed by atoms with van der Waals surface area (Å²) in [6, 6.07) is 3.81. The van der Waals surface area contributed by atoms with E-state index in [4.69, 9.17) is 4.74 Å². The van der Waals surface area contributed by atoms with Crippen LogP contribution in [0.3, 0.4) is 0 Å². The predicted octanol–water partition coefficient (Wildman–Crippen LogP) is 4.77. The Morgan fingerprint density at radius 1 is 1.32 bits per heavy atom. The molecule has 0 atom stereocenters. The summed E-state index contributed by atoms with van der Waals surface area (Å²) < 4.78 is 23.0. The van der Waals surface area contributed by atoms with Gasteiger partial charge >= 0.3 is 0 Å². The van der Waals surface area contributed by atoms with Crippen molar-refractivity contribution in [2.24, 2.45) is 5.92 Å². The Morgan fingerprint density at radius 3 is 2.63 bits per heavy atom. The fourth-order valence-corrected chi connectivity index (χ4v) is 3.91. The summed E-state index contributed by atoms with van der Waals surface area (Å²) in [7, 11) is 1.50. The average molecular weight is 348 g/mol. The minimum absolute atomic E-state index is 0.310. The summed E-state index contributed by atoms with van der Waals surface area (Å²) in [4.78, 5) is 0.785. The van der Waals surface area contributed by atoms with Gasteiger partial charge in [0.25, 0.3) is 0 Å². The van der Waals surface area contributed by atoms with Crippen molar-refractivity contribution in [3.63, 3.8) is 0 Å². The molecule has 1 aromatic carbocycles. The number of rotatable bonds is 4. The number of hydrogen-bond acceptors (Lipinski definition) is 3. The zero-order valence-electron chi connectivity index (χ0n) is 11.2. The van der Waals surface area contributed by atoms with Gasteiger partial charge < -0.3 is 4.74 Å². The first-order valence-electron chi connectivity index (χ1n) is 6.55. The quantitative estimate of drug-likeness (QED) is 0.792. The Hall–Kier alpha value is -0.260. The normalized spacial score (nSPS) is 23.4. The molecule has 1 aliphatic carbocycles. The van der Waals surface area contributed by atoms with Gasteiger partial charge in [0.05, 0.1) is 12.0 Å². The number of hydrogen-bond donors (Lipinski definition) is 1. The third-order valence-electron chi connectivity index (χ3n) is 3.53. The Morgan fingerprint density at radius 2 is 2.00 bits per heavy atom. The van der Waals surface area contributed by atoms with E-state index in [1.54, 1.807) is 0 Å². The van der Waals surface area contributed by atoms with Crippen LogP contribution in [0, 0.1) is 11.7 Å². The highest BCUT2D eigenvalue weighted by molar-refractivity contribution is 9.10. The highest BCUT2D eigenvalue weighted by Crippen LogP contribution is 2.34. The van der Waals surface area contributed by atoms with Gasteiger partial charge in [-0.15, -0.1) is 0 Å². The van der Waals surface area contributed by atoms with Crippen molar-refractivity contribution in [2.45, 2.75) is 43.5 Å². The molecule has 106 valence electrons. The highest BCUT2D eigenvalue weighted by Gasteiger charge is 2.19. The maximum absolute atomic E-state index is 13.7. The van der Waals surface area contributed by atoms with E-state index in [0.717, 1.165) is 15.3 Å². The van der Waals surface area contributed by atoms with Crippen molar-refractivity contribution >= 4 is 27.9 Å². The molecule has 0 aliphatic heterocycles. The number of nitrogens with one attached hydrogen (secondary N) is 1. The Kier molecular flexibility index (Phi) is 5.54. The van der Waals surface area contributed by atoms with Crippen molar-refractivity contribution < 1.29 is 9.13 Å². The molecular formula is C14H19BrFNOS. The maximum atomic E-state index is 13.7. The van der Waals surface area contributed by atoms with Gasteiger partial charge in [-0.3, -0.25) is 4.72 Å². The molecule has 1 saturated carbocycles. The standard InChI is InChI=1S/C14H19BrFNOS/c1-9-3-5-11(6-4-9)17-19-13-8-10(15)7-12(16)14(13)18-2/h7-9,11,17H,3-6H2,1-2H3. The van der Waals surface area contributed by atoms with Crippen LogP contribution >= 0.6 is 27.9 Å². The summed E-state index contributed by atoms with van der Waals surface area (Å²) in [5, 5.41) is 0. The van der Waals surface area contributed by atoms with E-state index in [2.05, 4.69) is 27.6 Å². The molecule has 0 aromatic heterocycles. The lowest BCUT2D eigenvalue weighted by Crippen LogP contribution is -2.27. The molecule has 0 heterocycles. The van der Waals surface area contributed by atoms with Crippen molar-refractivity contribution in [3.8, 4) is 5.75 Å². The van der Waals surface area contributed by atoms with E-state index in [9.17, 15) is 4.39 Å². The van der Waals surface area contributed by atoms with Crippen LogP contribution in [0.4, 0.5) is 4.39 Å². The van der Waals surface area contributed by atoms with Crippen LogP contribution in [0.5, 0.6) is 5.75 Å². The van der Waals surface area contributed by atoms with Crippen molar-refractivity contribution in [1.29, 1.82) is 0 Å². The molecule has 0 amide bonds. The van der Waals surface area contributed by atoms with Crippen LogP contribution in [0.2, 0.25) is 0 Å². The van der Waals surface area contributed by atoms with Gasteiger partial charge in [-0.05, 0) is 55.7 Å². The summed E-state index contributed by atoms with van der Waals surface area (Å²) in [6.45, 7) is 2.30. The second-order valence-corrected chi connectivity index (χ2v) is 6.89. The third kappa shape index (κ3) is 4.10. The Balaban J connectivity index is 1.99. The van der Waals surface area contributed by atoms with Gasteiger partial charge in [0.15, 0.2) is 11.6 Å². The van der Waals surface area contributed by atoms with Gasteiger partial charge in [0, 0.05) is 10.5 Å². The van der Waals surface area contributed by atoms with E-state index >= 15 is 0 Å². The first kappa shape index (κ1) is 15.1. The average Bonchev–Trinajstić information content (AvgIpc) is 2.37. The molecule has 19 heavy (non-hydrogen) atoms. The second-order valence-electron chi connectivity index (χ2n) is 5.10.